The third-order valence-corrected chi connectivity index (χ3v) is 1.96. The summed E-state index contributed by atoms with van der Waals surface area (Å²) in [5.74, 6) is -0.342. The maximum Gasteiger partial charge on any atom is 0.355 e. The number of hydrogen-bond donors (Lipinski definition) is 1. The minimum Gasteiger partial charge on any atom is -0.476 e. The second kappa shape index (κ2) is 2.58. The molecular formula is C7H9N3O2. The zero-order valence-corrected chi connectivity index (χ0v) is 6.47. The van der Waals surface area contributed by atoms with Crippen molar-refractivity contribution in [1.82, 2.24) is 15.0 Å². The zero-order valence-electron chi connectivity index (χ0n) is 6.47. The van der Waals surface area contributed by atoms with Gasteiger partial charge in [-0.3, -0.25) is 0 Å². The second-order valence-electron chi connectivity index (χ2n) is 3.05. The highest BCUT2D eigenvalue weighted by molar-refractivity contribution is 5.85. The summed E-state index contributed by atoms with van der Waals surface area (Å²) in [6.45, 7) is 0.696. The van der Waals surface area contributed by atoms with E-state index in [1.807, 2.05) is 0 Å². The number of carboxylic acid groups (broad SMARTS) is 1. The fourth-order valence-corrected chi connectivity index (χ4v) is 1.10. The lowest BCUT2D eigenvalue weighted by Gasteiger charge is -1.99. The van der Waals surface area contributed by atoms with E-state index in [0.29, 0.717) is 12.5 Å². The molecule has 0 aromatic carbocycles. The largest absolute Gasteiger partial charge is 0.476 e. The molecule has 0 radical (unpaired) electrons. The van der Waals surface area contributed by atoms with Gasteiger partial charge in [-0.05, 0) is 18.8 Å². The van der Waals surface area contributed by atoms with Gasteiger partial charge in [0.1, 0.15) is 0 Å². The maximum absolute atomic E-state index is 10.6. The van der Waals surface area contributed by atoms with Crippen LogP contribution in [0, 0.1) is 5.92 Å². The summed E-state index contributed by atoms with van der Waals surface area (Å²) in [6, 6.07) is 0. The van der Waals surface area contributed by atoms with Gasteiger partial charge in [0, 0.05) is 6.54 Å². The summed E-state index contributed by atoms with van der Waals surface area (Å²) in [4.78, 5) is 10.6. The fourth-order valence-electron chi connectivity index (χ4n) is 1.10. The number of hydrogen-bond acceptors (Lipinski definition) is 3. The van der Waals surface area contributed by atoms with Gasteiger partial charge >= 0.3 is 5.97 Å². The molecule has 1 aromatic heterocycles. The van der Waals surface area contributed by atoms with Crippen LogP contribution < -0.4 is 0 Å². The number of aromatic nitrogens is 3. The maximum atomic E-state index is 10.6. The van der Waals surface area contributed by atoms with Crippen molar-refractivity contribution in [3.63, 3.8) is 0 Å². The summed E-state index contributed by atoms with van der Waals surface area (Å²) in [6.07, 6.45) is 3.64. The van der Waals surface area contributed by atoms with E-state index in [-0.39, 0.29) is 5.69 Å². The Bertz CT molecular complexity index is 303. The van der Waals surface area contributed by atoms with Crippen molar-refractivity contribution in [3.8, 4) is 0 Å². The molecule has 0 spiro atoms. The summed E-state index contributed by atoms with van der Waals surface area (Å²) < 4.78 is 1.46. The highest BCUT2D eigenvalue weighted by Crippen LogP contribution is 2.30. The number of aromatic carboxylic acids is 1. The van der Waals surface area contributed by atoms with E-state index in [1.165, 1.54) is 23.7 Å². The first kappa shape index (κ1) is 7.27. The van der Waals surface area contributed by atoms with Crippen LogP contribution in [0.5, 0.6) is 0 Å². The Kier molecular flexibility index (Phi) is 1.56. The average molecular weight is 167 g/mol. The highest BCUT2D eigenvalue weighted by Gasteiger charge is 2.24. The molecule has 5 heteroatoms. The van der Waals surface area contributed by atoms with Crippen molar-refractivity contribution in [3.05, 3.63) is 11.9 Å². The topological polar surface area (TPSA) is 68.0 Å². The van der Waals surface area contributed by atoms with E-state index in [9.17, 15) is 4.79 Å². The van der Waals surface area contributed by atoms with Crippen molar-refractivity contribution in [2.75, 3.05) is 0 Å². The van der Waals surface area contributed by atoms with Crippen LogP contribution in [-0.4, -0.2) is 26.1 Å². The van der Waals surface area contributed by atoms with Gasteiger partial charge < -0.3 is 5.11 Å². The van der Waals surface area contributed by atoms with Crippen LogP contribution >= 0.6 is 0 Å². The minimum atomic E-state index is -0.958. The van der Waals surface area contributed by atoms with Crippen molar-refractivity contribution >= 4 is 5.97 Å². The first-order valence-electron chi connectivity index (χ1n) is 3.89. The molecule has 1 fully saturated rings. The summed E-state index contributed by atoms with van der Waals surface area (Å²) in [7, 11) is 0. The third kappa shape index (κ3) is 1.30. The molecule has 1 heterocycles. The molecule has 1 saturated carbocycles. The van der Waals surface area contributed by atoms with Gasteiger partial charge in [0.2, 0.25) is 0 Å². The fraction of sp³-hybridized carbons (Fsp3) is 0.571. The van der Waals surface area contributed by atoms with E-state index >= 15 is 0 Å². The van der Waals surface area contributed by atoms with Crippen molar-refractivity contribution < 1.29 is 9.90 Å². The van der Waals surface area contributed by atoms with Crippen molar-refractivity contribution in [2.45, 2.75) is 19.4 Å². The summed E-state index contributed by atoms with van der Waals surface area (Å²) in [5.41, 5.74) is 0.182. The highest BCUT2D eigenvalue weighted by atomic mass is 16.4. The molecule has 1 aliphatic rings. The monoisotopic (exact) mass is 167 g/mol. The van der Waals surface area contributed by atoms with Crippen LogP contribution in [0.3, 0.4) is 0 Å². The molecule has 0 saturated heterocycles. The van der Waals surface area contributed by atoms with Crippen LogP contribution in [0.2, 0.25) is 0 Å². The molecule has 1 aromatic rings. The molecule has 5 nitrogen and oxygen atoms in total. The molecule has 1 aliphatic carbocycles. The van der Waals surface area contributed by atoms with Crippen LogP contribution in [0.25, 0.3) is 0 Å². The summed E-state index contributed by atoms with van der Waals surface area (Å²) in [5, 5.41) is 15.9. The predicted molar refractivity (Wildman–Crippen MR) is 39.7 cm³/mol. The molecule has 2 rings (SSSR count). The number of carboxylic acids is 1. The molecule has 0 aliphatic heterocycles. The smallest absolute Gasteiger partial charge is 0.355 e. The van der Waals surface area contributed by atoms with Gasteiger partial charge in [0.05, 0.1) is 6.20 Å². The SMILES string of the molecule is O=C(O)c1cnnn1CC1CC1. The Hall–Kier alpha value is -1.39. The van der Waals surface area contributed by atoms with E-state index < -0.39 is 5.97 Å². The quantitative estimate of drug-likeness (QED) is 0.706. The van der Waals surface area contributed by atoms with Gasteiger partial charge in [-0.25, -0.2) is 9.48 Å². The van der Waals surface area contributed by atoms with Gasteiger partial charge in [0.15, 0.2) is 5.69 Å². The van der Waals surface area contributed by atoms with Crippen LogP contribution in [0.15, 0.2) is 6.20 Å². The lowest BCUT2D eigenvalue weighted by atomic mass is 10.4. The molecule has 64 valence electrons. The van der Waals surface area contributed by atoms with Gasteiger partial charge in [-0.15, -0.1) is 5.10 Å². The lowest BCUT2D eigenvalue weighted by molar-refractivity contribution is 0.0682. The van der Waals surface area contributed by atoms with E-state index in [2.05, 4.69) is 10.3 Å². The second-order valence-corrected chi connectivity index (χ2v) is 3.05. The molecule has 1 N–H and O–H groups in total. The molecule has 0 bridgehead atoms. The molecule has 0 atom stereocenters. The molecule has 0 unspecified atom stereocenters. The normalized spacial score (nSPS) is 16.3. The number of nitrogens with zero attached hydrogens (tertiary/aromatic N) is 3. The minimum absolute atomic E-state index is 0.182. The van der Waals surface area contributed by atoms with Gasteiger partial charge in [-0.2, -0.15) is 0 Å². The molecular weight excluding hydrogens is 158 g/mol. The third-order valence-electron chi connectivity index (χ3n) is 1.96. The van der Waals surface area contributed by atoms with Gasteiger partial charge in [0.25, 0.3) is 0 Å². The first-order valence-corrected chi connectivity index (χ1v) is 3.89. The van der Waals surface area contributed by atoms with E-state index in [4.69, 9.17) is 5.11 Å². The Labute approximate surface area is 69.0 Å². The Balaban J connectivity index is 2.17. The molecule has 12 heavy (non-hydrogen) atoms. The summed E-state index contributed by atoms with van der Waals surface area (Å²) >= 11 is 0. The Morgan fingerprint density at radius 3 is 3.08 bits per heavy atom. The van der Waals surface area contributed by atoms with Crippen molar-refractivity contribution in [2.24, 2.45) is 5.92 Å². The number of carbonyl (C=O) groups is 1. The van der Waals surface area contributed by atoms with Crippen LogP contribution in [0.1, 0.15) is 23.3 Å². The van der Waals surface area contributed by atoms with E-state index in [1.54, 1.807) is 0 Å². The lowest BCUT2D eigenvalue weighted by Crippen LogP contribution is -2.11. The Morgan fingerprint density at radius 1 is 1.75 bits per heavy atom. The van der Waals surface area contributed by atoms with Crippen molar-refractivity contribution in [1.29, 1.82) is 0 Å². The number of rotatable bonds is 3. The van der Waals surface area contributed by atoms with Gasteiger partial charge in [-0.1, -0.05) is 5.21 Å². The Morgan fingerprint density at radius 2 is 2.50 bits per heavy atom. The average Bonchev–Trinajstić information content (AvgIpc) is 2.66. The van der Waals surface area contributed by atoms with Crippen LogP contribution in [-0.2, 0) is 6.54 Å². The van der Waals surface area contributed by atoms with E-state index in [0.717, 1.165) is 0 Å². The molecule has 0 amide bonds. The first-order chi connectivity index (χ1) is 5.77. The van der Waals surface area contributed by atoms with Crippen LogP contribution in [0.4, 0.5) is 0 Å². The predicted octanol–water partition coefficient (Wildman–Crippen LogP) is 0.386. The standard InChI is InChI=1S/C7H9N3O2/c11-7(12)6-3-8-9-10(6)4-5-1-2-5/h3,5H,1-2,4H2,(H,11,12). The zero-order chi connectivity index (χ0) is 8.55.